The predicted octanol–water partition coefficient (Wildman–Crippen LogP) is 4.02. The minimum Gasteiger partial charge on any atom is -0.345 e. The number of para-hydroxylation sites is 1. The van der Waals surface area contributed by atoms with E-state index in [4.69, 9.17) is 0 Å². The molecule has 2 N–H and O–H groups in total. The summed E-state index contributed by atoms with van der Waals surface area (Å²) < 4.78 is 1.74. The highest BCUT2D eigenvalue weighted by Crippen LogP contribution is 2.23. The second-order valence-electron chi connectivity index (χ2n) is 7.46. The van der Waals surface area contributed by atoms with Crippen LogP contribution >= 0.6 is 0 Å². The fraction of sp³-hybridized carbons (Fsp3) is 0.217. The molecule has 0 radical (unpaired) electrons. The molecule has 0 spiro atoms. The molecule has 2 heterocycles. The second-order valence-corrected chi connectivity index (χ2v) is 7.46. The van der Waals surface area contributed by atoms with Crippen LogP contribution in [0.25, 0.3) is 16.9 Å². The highest BCUT2D eigenvalue weighted by Gasteiger charge is 2.17. The summed E-state index contributed by atoms with van der Waals surface area (Å²) in [6, 6.07) is 17.9. The fourth-order valence-electron chi connectivity index (χ4n) is 3.36. The lowest BCUT2D eigenvalue weighted by atomic mass is 10.0. The van der Waals surface area contributed by atoms with Crippen molar-refractivity contribution in [1.29, 1.82) is 0 Å². The van der Waals surface area contributed by atoms with Crippen LogP contribution in [0.3, 0.4) is 0 Å². The van der Waals surface area contributed by atoms with Crippen molar-refractivity contribution < 1.29 is 4.79 Å². The lowest BCUT2D eigenvalue weighted by Gasteiger charge is -2.12. The molecule has 7 nitrogen and oxygen atoms in total. The van der Waals surface area contributed by atoms with Crippen LogP contribution in [0.4, 0.5) is 0 Å². The Bertz CT molecular complexity index is 1140. The average molecular weight is 400 g/mol. The van der Waals surface area contributed by atoms with Gasteiger partial charge in [0.2, 0.25) is 5.82 Å². The standard InChI is InChI=1S/C23H24N6O/c1-15(2)19-6-4-5-7-21(19)29-16(3)26-22(28-29)23(30)24-14-17-8-10-18(11-9-17)20-12-13-25-27-20/h4-13,15H,14H2,1-3H3,(H,24,30)(H,25,27). The van der Waals surface area contributed by atoms with E-state index in [1.165, 1.54) is 0 Å². The van der Waals surface area contributed by atoms with E-state index in [9.17, 15) is 4.79 Å². The van der Waals surface area contributed by atoms with Crippen molar-refractivity contribution in [1.82, 2.24) is 30.3 Å². The van der Waals surface area contributed by atoms with Crippen LogP contribution in [0.5, 0.6) is 0 Å². The summed E-state index contributed by atoms with van der Waals surface area (Å²) in [5.41, 5.74) is 5.11. The minimum absolute atomic E-state index is 0.167. The molecule has 2 aromatic heterocycles. The third-order valence-electron chi connectivity index (χ3n) is 4.98. The Labute approximate surface area is 175 Å². The van der Waals surface area contributed by atoms with Gasteiger partial charge in [-0.25, -0.2) is 9.67 Å². The van der Waals surface area contributed by atoms with Crippen molar-refractivity contribution in [3.63, 3.8) is 0 Å². The smallest absolute Gasteiger partial charge is 0.291 e. The molecule has 0 atom stereocenters. The number of aromatic amines is 1. The molecule has 0 fully saturated rings. The molecule has 30 heavy (non-hydrogen) atoms. The fourth-order valence-corrected chi connectivity index (χ4v) is 3.36. The van der Waals surface area contributed by atoms with E-state index in [-0.39, 0.29) is 11.7 Å². The summed E-state index contributed by atoms with van der Waals surface area (Å²) in [4.78, 5) is 17.0. The highest BCUT2D eigenvalue weighted by molar-refractivity contribution is 5.90. The quantitative estimate of drug-likeness (QED) is 0.512. The molecule has 152 valence electrons. The summed E-state index contributed by atoms with van der Waals surface area (Å²) in [6.45, 7) is 6.53. The molecule has 0 aliphatic rings. The first-order valence-electron chi connectivity index (χ1n) is 9.93. The lowest BCUT2D eigenvalue weighted by molar-refractivity contribution is 0.0940. The maximum absolute atomic E-state index is 12.6. The van der Waals surface area contributed by atoms with E-state index in [0.29, 0.717) is 18.3 Å². The first-order chi connectivity index (χ1) is 14.5. The van der Waals surface area contributed by atoms with Gasteiger partial charge in [-0.2, -0.15) is 5.10 Å². The predicted molar refractivity (Wildman–Crippen MR) is 115 cm³/mol. The molecule has 7 heteroatoms. The normalized spacial score (nSPS) is 11.1. The number of carbonyl (C=O) groups is 1. The Morgan fingerprint density at radius 3 is 2.57 bits per heavy atom. The van der Waals surface area contributed by atoms with Crippen LogP contribution in [0.15, 0.2) is 60.8 Å². The number of nitrogens with one attached hydrogen (secondary N) is 2. The summed E-state index contributed by atoms with van der Waals surface area (Å²) in [6.07, 6.45) is 1.72. The van der Waals surface area contributed by atoms with Crippen LogP contribution in [-0.4, -0.2) is 30.9 Å². The van der Waals surface area contributed by atoms with Crippen LogP contribution in [0.2, 0.25) is 0 Å². The van der Waals surface area contributed by atoms with Gasteiger partial charge in [0.1, 0.15) is 5.82 Å². The molecule has 0 saturated carbocycles. The Morgan fingerprint density at radius 2 is 1.87 bits per heavy atom. The monoisotopic (exact) mass is 400 g/mol. The summed E-state index contributed by atoms with van der Waals surface area (Å²) >= 11 is 0. The zero-order chi connectivity index (χ0) is 21.1. The average Bonchev–Trinajstić information content (AvgIpc) is 3.42. The maximum Gasteiger partial charge on any atom is 0.291 e. The van der Waals surface area contributed by atoms with Crippen molar-refractivity contribution in [2.24, 2.45) is 0 Å². The molecular formula is C23H24N6O. The van der Waals surface area contributed by atoms with E-state index >= 15 is 0 Å². The number of aromatic nitrogens is 5. The molecule has 4 aromatic rings. The molecule has 0 aliphatic heterocycles. The number of carbonyl (C=O) groups excluding carboxylic acids is 1. The van der Waals surface area contributed by atoms with Crippen molar-refractivity contribution in [3.8, 4) is 16.9 Å². The van der Waals surface area contributed by atoms with Crippen LogP contribution < -0.4 is 5.32 Å². The third kappa shape index (κ3) is 4.00. The number of benzene rings is 2. The molecule has 0 saturated heterocycles. The van der Waals surface area contributed by atoms with Gasteiger partial charge in [0.25, 0.3) is 5.91 Å². The largest absolute Gasteiger partial charge is 0.345 e. The Kier molecular flexibility index (Phi) is 5.43. The van der Waals surface area contributed by atoms with Gasteiger partial charge in [-0.15, -0.1) is 5.10 Å². The van der Waals surface area contributed by atoms with Crippen LogP contribution in [0.1, 0.15) is 47.3 Å². The first kappa shape index (κ1) is 19.6. The lowest BCUT2D eigenvalue weighted by Crippen LogP contribution is -2.24. The zero-order valence-corrected chi connectivity index (χ0v) is 17.3. The number of nitrogens with zero attached hydrogens (tertiary/aromatic N) is 4. The Balaban J connectivity index is 1.47. The number of aryl methyl sites for hydroxylation is 1. The Morgan fingerprint density at radius 1 is 1.10 bits per heavy atom. The number of rotatable bonds is 6. The van der Waals surface area contributed by atoms with Gasteiger partial charge < -0.3 is 5.32 Å². The van der Waals surface area contributed by atoms with E-state index in [2.05, 4.69) is 45.5 Å². The molecular weight excluding hydrogens is 376 g/mol. The molecule has 4 rings (SSSR count). The first-order valence-corrected chi connectivity index (χ1v) is 9.93. The van der Waals surface area contributed by atoms with Crippen molar-refractivity contribution in [2.45, 2.75) is 33.2 Å². The molecule has 2 aromatic carbocycles. The third-order valence-corrected chi connectivity index (χ3v) is 4.98. The van der Waals surface area contributed by atoms with Crippen LogP contribution in [-0.2, 0) is 6.54 Å². The van der Waals surface area contributed by atoms with E-state index in [0.717, 1.165) is 28.1 Å². The van der Waals surface area contributed by atoms with E-state index < -0.39 is 0 Å². The van der Waals surface area contributed by atoms with E-state index in [1.807, 2.05) is 55.5 Å². The number of hydrogen-bond acceptors (Lipinski definition) is 4. The molecule has 1 amide bonds. The highest BCUT2D eigenvalue weighted by atomic mass is 16.2. The van der Waals surface area contributed by atoms with Gasteiger partial charge in [-0.3, -0.25) is 9.89 Å². The number of amides is 1. The van der Waals surface area contributed by atoms with Crippen LogP contribution in [0, 0.1) is 6.92 Å². The molecule has 0 unspecified atom stereocenters. The SMILES string of the molecule is Cc1nc(C(=O)NCc2ccc(-c3ccn[nH]3)cc2)nn1-c1ccccc1C(C)C. The van der Waals surface area contributed by atoms with Gasteiger partial charge >= 0.3 is 0 Å². The maximum atomic E-state index is 12.6. The van der Waals surface area contributed by atoms with Gasteiger partial charge in [0.15, 0.2) is 0 Å². The topological polar surface area (TPSA) is 88.5 Å². The van der Waals surface area contributed by atoms with Crippen molar-refractivity contribution in [3.05, 3.63) is 83.6 Å². The van der Waals surface area contributed by atoms with Gasteiger partial charge in [-0.05, 0) is 41.7 Å². The summed E-state index contributed by atoms with van der Waals surface area (Å²) in [5, 5.41) is 14.3. The van der Waals surface area contributed by atoms with Gasteiger partial charge in [-0.1, -0.05) is 56.3 Å². The molecule has 0 aliphatic carbocycles. The minimum atomic E-state index is -0.295. The van der Waals surface area contributed by atoms with Gasteiger partial charge in [0.05, 0.1) is 11.4 Å². The zero-order valence-electron chi connectivity index (χ0n) is 17.3. The van der Waals surface area contributed by atoms with Crippen molar-refractivity contribution >= 4 is 5.91 Å². The van der Waals surface area contributed by atoms with E-state index in [1.54, 1.807) is 10.9 Å². The molecule has 0 bridgehead atoms. The number of H-pyrrole nitrogens is 1. The summed E-state index contributed by atoms with van der Waals surface area (Å²) in [5.74, 6) is 0.889. The Hall–Kier alpha value is -3.74. The van der Waals surface area contributed by atoms with Crippen molar-refractivity contribution in [2.75, 3.05) is 0 Å². The summed E-state index contributed by atoms with van der Waals surface area (Å²) in [7, 11) is 0. The van der Waals surface area contributed by atoms with Gasteiger partial charge in [0, 0.05) is 12.7 Å². The number of hydrogen-bond donors (Lipinski definition) is 2. The second kappa shape index (κ2) is 8.32.